The van der Waals surface area contributed by atoms with Crippen LogP contribution in [0.1, 0.15) is 25.7 Å². The molecule has 0 radical (unpaired) electrons. The normalized spacial score (nSPS) is 16.4. The molecule has 1 fully saturated rings. The Labute approximate surface area is 120 Å². The lowest BCUT2D eigenvalue weighted by molar-refractivity contribution is -0.119. The number of ether oxygens (including phenoxy) is 1. The fourth-order valence-corrected chi connectivity index (χ4v) is 2.45. The summed E-state index contributed by atoms with van der Waals surface area (Å²) >= 11 is 0. The molecule has 1 aliphatic carbocycles. The van der Waals surface area contributed by atoms with Gasteiger partial charge in [0.05, 0.1) is 0 Å². The van der Waals surface area contributed by atoms with Crippen molar-refractivity contribution in [2.75, 3.05) is 11.9 Å². The standard InChI is InChI=1S/C14H17F3N2O2/c15-10-6-9(2-3-11(10)21-13(16)17)19-12(20)7-14(8-18)4-1-5-14/h2-3,6,13H,1,4-5,7-8,18H2,(H,19,20). The number of hydrogen-bond acceptors (Lipinski definition) is 3. The van der Waals surface area contributed by atoms with Gasteiger partial charge < -0.3 is 15.8 Å². The summed E-state index contributed by atoms with van der Waals surface area (Å²) in [5, 5.41) is 2.54. The first-order valence-electron chi connectivity index (χ1n) is 6.68. The summed E-state index contributed by atoms with van der Waals surface area (Å²) in [6.07, 6.45) is 3.15. The quantitative estimate of drug-likeness (QED) is 0.849. The van der Waals surface area contributed by atoms with Crippen LogP contribution in [0.5, 0.6) is 5.75 Å². The molecule has 116 valence electrons. The first kappa shape index (κ1) is 15.6. The van der Waals surface area contributed by atoms with Gasteiger partial charge in [-0.2, -0.15) is 8.78 Å². The summed E-state index contributed by atoms with van der Waals surface area (Å²) in [5.74, 6) is -1.77. The lowest BCUT2D eigenvalue weighted by atomic mass is 9.66. The number of benzene rings is 1. The smallest absolute Gasteiger partial charge is 0.387 e. The van der Waals surface area contributed by atoms with E-state index in [9.17, 15) is 18.0 Å². The van der Waals surface area contributed by atoms with E-state index in [4.69, 9.17) is 5.73 Å². The molecule has 1 aromatic rings. The van der Waals surface area contributed by atoms with Crippen LogP contribution >= 0.6 is 0 Å². The van der Waals surface area contributed by atoms with Crippen molar-refractivity contribution in [3.63, 3.8) is 0 Å². The molecule has 7 heteroatoms. The molecule has 0 unspecified atom stereocenters. The van der Waals surface area contributed by atoms with E-state index in [0.717, 1.165) is 31.4 Å². The highest BCUT2D eigenvalue weighted by Crippen LogP contribution is 2.43. The summed E-state index contributed by atoms with van der Waals surface area (Å²) in [6.45, 7) is -2.65. The molecule has 1 aromatic carbocycles. The summed E-state index contributed by atoms with van der Waals surface area (Å²) in [7, 11) is 0. The van der Waals surface area contributed by atoms with E-state index >= 15 is 0 Å². The van der Waals surface area contributed by atoms with E-state index in [1.54, 1.807) is 0 Å². The molecule has 0 heterocycles. The third-order valence-electron chi connectivity index (χ3n) is 3.81. The molecule has 0 spiro atoms. The number of anilines is 1. The van der Waals surface area contributed by atoms with Crippen molar-refractivity contribution in [2.45, 2.75) is 32.3 Å². The average Bonchev–Trinajstić information content (AvgIpc) is 2.37. The fourth-order valence-electron chi connectivity index (χ4n) is 2.45. The number of rotatable bonds is 6. The van der Waals surface area contributed by atoms with Gasteiger partial charge >= 0.3 is 6.61 Å². The van der Waals surface area contributed by atoms with Crippen molar-refractivity contribution in [3.05, 3.63) is 24.0 Å². The topological polar surface area (TPSA) is 64.4 Å². The maximum absolute atomic E-state index is 13.5. The van der Waals surface area contributed by atoms with Gasteiger partial charge in [-0.15, -0.1) is 0 Å². The summed E-state index contributed by atoms with van der Waals surface area (Å²) < 4.78 is 41.5. The molecule has 0 atom stereocenters. The van der Waals surface area contributed by atoms with Crippen molar-refractivity contribution in [3.8, 4) is 5.75 Å². The van der Waals surface area contributed by atoms with Gasteiger partial charge in [-0.05, 0) is 36.9 Å². The average molecular weight is 302 g/mol. The van der Waals surface area contributed by atoms with Crippen molar-refractivity contribution >= 4 is 11.6 Å². The van der Waals surface area contributed by atoms with Gasteiger partial charge in [0.15, 0.2) is 11.6 Å². The van der Waals surface area contributed by atoms with Gasteiger partial charge in [0, 0.05) is 18.2 Å². The van der Waals surface area contributed by atoms with Gasteiger partial charge in [-0.25, -0.2) is 4.39 Å². The van der Waals surface area contributed by atoms with Crippen LogP contribution in [-0.4, -0.2) is 19.1 Å². The number of alkyl halides is 2. The molecule has 0 aliphatic heterocycles. The van der Waals surface area contributed by atoms with Crippen molar-refractivity contribution in [1.82, 2.24) is 0 Å². The van der Waals surface area contributed by atoms with Gasteiger partial charge in [-0.3, -0.25) is 4.79 Å². The second-order valence-corrected chi connectivity index (χ2v) is 5.31. The third kappa shape index (κ3) is 3.87. The summed E-state index contributed by atoms with van der Waals surface area (Å²) in [5.41, 5.74) is 5.72. The Morgan fingerprint density at radius 1 is 1.43 bits per heavy atom. The van der Waals surface area contributed by atoms with Crippen LogP contribution in [0, 0.1) is 11.2 Å². The minimum atomic E-state index is -3.09. The van der Waals surface area contributed by atoms with Crippen LogP contribution in [-0.2, 0) is 4.79 Å². The van der Waals surface area contributed by atoms with Gasteiger partial charge in [0.25, 0.3) is 0 Å². The van der Waals surface area contributed by atoms with Crippen LogP contribution in [0.2, 0.25) is 0 Å². The maximum atomic E-state index is 13.5. The Hall–Kier alpha value is -1.76. The second-order valence-electron chi connectivity index (χ2n) is 5.31. The third-order valence-corrected chi connectivity index (χ3v) is 3.81. The Kier molecular flexibility index (Phi) is 4.72. The molecule has 2 rings (SSSR count). The highest BCUT2D eigenvalue weighted by Gasteiger charge is 2.37. The van der Waals surface area contributed by atoms with Gasteiger partial charge in [-0.1, -0.05) is 6.42 Å². The molecule has 21 heavy (non-hydrogen) atoms. The van der Waals surface area contributed by atoms with E-state index < -0.39 is 18.2 Å². The van der Waals surface area contributed by atoms with Crippen molar-refractivity contribution < 1.29 is 22.7 Å². The molecular weight excluding hydrogens is 285 g/mol. The van der Waals surface area contributed by atoms with Crippen molar-refractivity contribution in [2.24, 2.45) is 11.1 Å². The highest BCUT2D eigenvalue weighted by atomic mass is 19.3. The number of carbonyl (C=O) groups is 1. The first-order valence-corrected chi connectivity index (χ1v) is 6.68. The van der Waals surface area contributed by atoms with Gasteiger partial charge in [0.2, 0.25) is 5.91 Å². The Morgan fingerprint density at radius 2 is 2.14 bits per heavy atom. The van der Waals surface area contributed by atoms with Crippen LogP contribution in [0.4, 0.5) is 18.9 Å². The SMILES string of the molecule is NCC1(CC(=O)Nc2ccc(OC(F)F)c(F)c2)CCC1. The van der Waals surface area contributed by atoms with Crippen LogP contribution in [0.25, 0.3) is 0 Å². The zero-order valence-electron chi connectivity index (χ0n) is 11.4. The Morgan fingerprint density at radius 3 is 2.62 bits per heavy atom. The number of hydrogen-bond donors (Lipinski definition) is 2. The molecule has 1 amide bonds. The summed E-state index contributed by atoms with van der Waals surface area (Å²) in [4.78, 5) is 11.9. The molecule has 3 N–H and O–H groups in total. The largest absolute Gasteiger partial charge is 0.432 e. The zero-order valence-corrected chi connectivity index (χ0v) is 11.4. The lowest BCUT2D eigenvalue weighted by Gasteiger charge is -2.40. The second kappa shape index (κ2) is 6.34. The van der Waals surface area contributed by atoms with E-state index in [0.29, 0.717) is 6.54 Å². The lowest BCUT2D eigenvalue weighted by Crippen LogP contribution is -2.40. The Balaban J connectivity index is 1.96. The molecule has 0 bridgehead atoms. The van der Waals surface area contributed by atoms with E-state index in [2.05, 4.69) is 10.1 Å². The van der Waals surface area contributed by atoms with E-state index in [1.807, 2.05) is 0 Å². The van der Waals surface area contributed by atoms with Crippen LogP contribution < -0.4 is 15.8 Å². The Bertz CT molecular complexity index is 513. The van der Waals surface area contributed by atoms with Crippen LogP contribution in [0.3, 0.4) is 0 Å². The van der Waals surface area contributed by atoms with Gasteiger partial charge in [0.1, 0.15) is 0 Å². The maximum Gasteiger partial charge on any atom is 0.387 e. The van der Waals surface area contributed by atoms with Crippen LogP contribution in [0.15, 0.2) is 18.2 Å². The molecule has 1 saturated carbocycles. The molecular formula is C14H17F3N2O2. The van der Waals surface area contributed by atoms with E-state index in [1.165, 1.54) is 6.07 Å². The molecule has 0 aromatic heterocycles. The van der Waals surface area contributed by atoms with E-state index in [-0.39, 0.29) is 23.4 Å². The predicted molar refractivity (Wildman–Crippen MR) is 71.6 cm³/mol. The fraction of sp³-hybridized carbons (Fsp3) is 0.500. The number of halogens is 3. The zero-order chi connectivity index (χ0) is 15.5. The predicted octanol–water partition coefficient (Wildman–Crippen LogP) is 2.88. The molecule has 0 saturated heterocycles. The first-order chi connectivity index (χ1) is 9.94. The monoisotopic (exact) mass is 302 g/mol. The number of amides is 1. The molecule has 4 nitrogen and oxygen atoms in total. The summed E-state index contributed by atoms with van der Waals surface area (Å²) in [6, 6.07) is 3.32. The van der Waals surface area contributed by atoms with Crippen molar-refractivity contribution in [1.29, 1.82) is 0 Å². The number of carbonyl (C=O) groups excluding carboxylic acids is 1. The molecule has 1 aliphatic rings. The number of nitrogens with two attached hydrogens (primary N) is 1. The minimum Gasteiger partial charge on any atom is -0.432 e. The number of nitrogens with one attached hydrogen (secondary N) is 1. The highest BCUT2D eigenvalue weighted by molar-refractivity contribution is 5.91. The minimum absolute atomic E-state index is 0.151.